The molecule has 0 atom stereocenters. The van der Waals surface area contributed by atoms with Crippen LogP contribution in [0.2, 0.25) is 0 Å². The van der Waals surface area contributed by atoms with Crippen molar-refractivity contribution in [3.05, 3.63) is 40.0 Å². The standard InChI is InChI=1S/C23H27F3N4OS/c1-4-14-9-19-16(11-30(29-19)17-7-5-15(6-8-17)13(2)3)10-18(14)27-21(31)20-12-32-22(28-20)23(24,25)26/h9-13,15,17H,4-8H2,1-3H3,(H,27,31). The average Bonchev–Trinajstić information content (AvgIpc) is 3.40. The molecule has 9 heteroatoms. The molecule has 3 aromatic rings. The Morgan fingerprint density at radius 1 is 1.25 bits per heavy atom. The van der Waals surface area contributed by atoms with E-state index in [2.05, 4.69) is 24.1 Å². The molecule has 1 amide bonds. The molecular weight excluding hydrogens is 437 g/mol. The number of hydrogen-bond acceptors (Lipinski definition) is 4. The number of aromatic nitrogens is 3. The number of alkyl halides is 3. The fourth-order valence-corrected chi connectivity index (χ4v) is 5.13. The summed E-state index contributed by atoms with van der Waals surface area (Å²) >= 11 is 0.418. The second-order valence-electron chi connectivity index (χ2n) is 8.83. The Bertz CT molecular complexity index is 1110. The van der Waals surface area contributed by atoms with Gasteiger partial charge < -0.3 is 5.32 Å². The van der Waals surface area contributed by atoms with E-state index in [0.29, 0.717) is 35.4 Å². The molecule has 1 N–H and O–H groups in total. The smallest absolute Gasteiger partial charge is 0.320 e. The Hall–Kier alpha value is -2.42. The number of amides is 1. The monoisotopic (exact) mass is 464 g/mol. The fraction of sp³-hybridized carbons (Fsp3) is 0.522. The molecule has 172 valence electrons. The van der Waals surface area contributed by atoms with Gasteiger partial charge in [0.25, 0.3) is 5.91 Å². The molecule has 0 unspecified atom stereocenters. The summed E-state index contributed by atoms with van der Waals surface area (Å²) in [7, 11) is 0. The summed E-state index contributed by atoms with van der Waals surface area (Å²) in [5, 5.41) is 8.54. The molecule has 2 heterocycles. The predicted octanol–water partition coefficient (Wildman–Crippen LogP) is 6.71. The average molecular weight is 465 g/mol. The van der Waals surface area contributed by atoms with Crippen molar-refractivity contribution in [1.29, 1.82) is 0 Å². The number of benzene rings is 1. The lowest BCUT2D eigenvalue weighted by atomic mass is 9.80. The number of thiazole rings is 1. The first kappa shape index (κ1) is 22.8. The third-order valence-corrected chi connectivity index (χ3v) is 7.30. The molecule has 0 radical (unpaired) electrons. The second-order valence-corrected chi connectivity index (χ2v) is 9.69. The van der Waals surface area contributed by atoms with Crippen molar-refractivity contribution in [3.8, 4) is 0 Å². The first-order valence-electron chi connectivity index (χ1n) is 11.0. The van der Waals surface area contributed by atoms with Crippen molar-refractivity contribution in [2.24, 2.45) is 11.8 Å². The Kier molecular flexibility index (Phi) is 6.29. The van der Waals surface area contributed by atoms with E-state index in [4.69, 9.17) is 5.10 Å². The van der Waals surface area contributed by atoms with Crippen molar-refractivity contribution < 1.29 is 18.0 Å². The molecule has 2 aromatic heterocycles. The summed E-state index contributed by atoms with van der Waals surface area (Å²) in [5.41, 5.74) is 2.08. The molecule has 0 spiro atoms. The Balaban J connectivity index is 1.55. The minimum Gasteiger partial charge on any atom is -0.320 e. The van der Waals surface area contributed by atoms with E-state index < -0.39 is 17.1 Å². The third-order valence-electron chi connectivity index (χ3n) is 6.41. The number of hydrogen-bond donors (Lipinski definition) is 1. The van der Waals surface area contributed by atoms with Crippen molar-refractivity contribution in [1.82, 2.24) is 14.8 Å². The number of nitrogens with one attached hydrogen (secondary N) is 1. The summed E-state index contributed by atoms with van der Waals surface area (Å²) in [6.07, 6.45) is 2.72. The number of anilines is 1. The largest absolute Gasteiger partial charge is 0.443 e. The number of halogens is 3. The highest BCUT2D eigenvalue weighted by molar-refractivity contribution is 7.10. The van der Waals surface area contributed by atoms with E-state index in [1.54, 1.807) is 0 Å². The van der Waals surface area contributed by atoms with Gasteiger partial charge in [0, 0.05) is 22.7 Å². The highest BCUT2D eigenvalue weighted by atomic mass is 32.1. The van der Waals surface area contributed by atoms with Crippen LogP contribution < -0.4 is 5.32 Å². The van der Waals surface area contributed by atoms with Crippen molar-refractivity contribution in [2.75, 3.05) is 5.32 Å². The highest BCUT2D eigenvalue weighted by Gasteiger charge is 2.35. The second kappa shape index (κ2) is 8.84. The predicted molar refractivity (Wildman–Crippen MR) is 120 cm³/mol. The quantitative estimate of drug-likeness (QED) is 0.456. The molecule has 0 aliphatic heterocycles. The van der Waals surface area contributed by atoms with Gasteiger partial charge in [0.05, 0.1) is 11.6 Å². The normalized spacial score (nSPS) is 19.6. The molecule has 1 aliphatic rings. The van der Waals surface area contributed by atoms with Crippen molar-refractivity contribution >= 4 is 33.8 Å². The van der Waals surface area contributed by atoms with Crippen LogP contribution in [-0.4, -0.2) is 20.7 Å². The molecule has 5 nitrogen and oxygen atoms in total. The lowest BCUT2D eigenvalue weighted by molar-refractivity contribution is -0.137. The van der Waals surface area contributed by atoms with Gasteiger partial charge in [0.2, 0.25) is 0 Å². The Morgan fingerprint density at radius 3 is 2.56 bits per heavy atom. The van der Waals surface area contributed by atoms with E-state index in [1.807, 2.05) is 29.9 Å². The molecule has 0 saturated heterocycles. The van der Waals surface area contributed by atoms with E-state index >= 15 is 0 Å². The third kappa shape index (κ3) is 4.67. The van der Waals surface area contributed by atoms with E-state index in [0.717, 1.165) is 40.6 Å². The van der Waals surface area contributed by atoms with E-state index in [1.165, 1.54) is 12.8 Å². The first-order chi connectivity index (χ1) is 15.2. The Morgan fingerprint density at radius 2 is 1.97 bits per heavy atom. The zero-order chi connectivity index (χ0) is 23.0. The molecule has 1 aliphatic carbocycles. The molecule has 1 aromatic carbocycles. The number of carbonyl (C=O) groups excluding carboxylic acids is 1. The molecule has 1 fully saturated rings. The maximum absolute atomic E-state index is 12.8. The van der Waals surface area contributed by atoms with Crippen LogP contribution >= 0.6 is 11.3 Å². The zero-order valence-electron chi connectivity index (χ0n) is 18.4. The number of nitrogens with zero attached hydrogens (tertiary/aromatic N) is 3. The van der Waals surface area contributed by atoms with Gasteiger partial charge in [-0.25, -0.2) is 4.98 Å². The van der Waals surface area contributed by atoms with E-state index in [9.17, 15) is 18.0 Å². The van der Waals surface area contributed by atoms with E-state index in [-0.39, 0.29) is 5.69 Å². The lowest BCUT2D eigenvalue weighted by Crippen LogP contribution is -2.21. The summed E-state index contributed by atoms with van der Waals surface area (Å²) in [5.74, 6) is 0.828. The van der Waals surface area contributed by atoms with Gasteiger partial charge >= 0.3 is 6.18 Å². The van der Waals surface area contributed by atoms with Crippen LogP contribution in [0.3, 0.4) is 0 Å². The van der Waals surface area contributed by atoms with Crippen molar-refractivity contribution in [3.63, 3.8) is 0 Å². The van der Waals surface area contributed by atoms with Crippen LogP contribution in [0.4, 0.5) is 18.9 Å². The van der Waals surface area contributed by atoms with Gasteiger partial charge in [-0.1, -0.05) is 20.8 Å². The van der Waals surface area contributed by atoms with Crippen molar-refractivity contribution in [2.45, 2.75) is 65.1 Å². The highest BCUT2D eigenvalue weighted by Crippen LogP contribution is 2.37. The minimum atomic E-state index is -4.56. The summed E-state index contributed by atoms with van der Waals surface area (Å²) in [6, 6.07) is 4.17. The summed E-state index contributed by atoms with van der Waals surface area (Å²) < 4.78 is 40.5. The maximum atomic E-state index is 12.8. The van der Waals surface area contributed by atoms with Gasteiger partial charge in [-0.3, -0.25) is 9.48 Å². The van der Waals surface area contributed by atoms with Crippen LogP contribution in [0.25, 0.3) is 10.9 Å². The maximum Gasteiger partial charge on any atom is 0.443 e. The number of carbonyl (C=O) groups is 1. The first-order valence-corrected chi connectivity index (χ1v) is 11.9. The topological polar surface area (TPSA) is 59.8 Å². The number of rotatable bonds is 5. The van der Waals surface area contributed by atoms with Crippen LogP contribution in [-0.2, 0) is 12.6 Å². The van der Waals surface area contributed by atoms with Crippen LogP contribution in [0.15, 0.2) is 23.7 Å². The van der Waals surface area contributed by atoms with Gasteiger partial charge in [-0.05, 0) is 61.6 Å². The molecule has 0 bridgehead atoms. The summed E-state index contributed by atoms with van der Waals surface area (Å²) in [6.45, 7) is 6.53. The number of aryl methyl sites for hydroxylation is 1. The van der Waals surface area contributed by atoms with Crippen LogP contribution in [0.5, 0.6) is 0 Å². The molecule has 1 saturated carbocycles. The SMILES string of the molecule is CCc1cc2nn(C3CCC(C(C)C)CC3)cc2cc1NC(=O)c1csc(C(F)(F)F)n1. The zero-order valence-corrected chi connectivity index (χ0v) is 19.2. The lowest BCUT2D eigenvalue weighted by Gasteiger charge is -2.30. The fourth-order valence-electron chi connectivity index (χ4n) is 4.46. The molecule has 32 heavy (non-hydrogen) atoms. The molecule has 4 rings (SSSR count). The van der Waals surface area contributed by atoms with Gasteiger partial charge in [-0.2, -0.15) is 18.3 Å². The summed E-state index contributed by atoms with van der Waals surface area (Å²) in [4.78, 5) is 16.0. The van der Waals surface area contributed by atoms with Gasteiger partial charge in [0.1, 0.15) is 5.69 Å². The van der Waals surface area contributed by atoms with Gasteiger partial charge in [0.15, 0.2) is 5.01 Å². The van der Waals surface area contributed by atoms with Gasteiger partial charge in [-0.15, -0.1) is 11.3 Å². The Labute approximate surface area is 189 Å². The minimum absolute atomic E-state index is 0.234. The molecular formula is C23H27F3N4OS. The number of fused-ring (bicyclic) bond motifs is 1. The van der Waals surface area contributed by atoms with Crippen LogP contribution in [0.1, 0.15) is 73.6 Å². The van der Waals surface area contributed by atoms with Crippen LogP contribution in [0, 0.1) is 11.8 Å².